The van der Waals surface area contributed by atoms with E-state index in [9.17, 15) is 14.9 Å². The fraction of sp³-hybridized carbons (Fsp3) is 0.429. The van der Waals surface area contributed by atoms with Crippen LogP contribution in [-0.2, 0) is 6.54 Å². The highest BCUT2D eigenvalue weighted by molar-refractivity contribution is 7.99. The second kappa shape index (κ2) is 7.26. The molecule has 0 fully saturated rings. The molecule has 0 spiro atoms. The molecular weight excluding hydrogens is 304 g/mol. The second-order valence-electron chi connectivity index (χ2n) is 4.93. The average molecular weight is 322 g/mol. The van der Waals surface area contributed by atoms with Crippen LogP contribution < -0.4 is 5.69 Å². The van der Waals surface area contributed by atoms with Crippen molar-refractivity contribution in [1.82, 2.24) is 14.8 Å². The molecule has 0 aliphatic carbocycles. The Kier molecular flexibility index (Phi) is 5.37. The van der Waals surface area contributed by atoms with Gasteiger partial charge in [-0.05, 0) is 18.9 Å². The van der Waals surface area contributed by atoms with Crippen molar-refractivity contribution in [2.75, 3.05) is 0 Å². The summed E-state index contributed by atoms with van der Waals surface area (Å²) < 4.78 is 1.61. The first-order valence-electron chi connectivity index (χ1n) is 7.09. The van der Waals surface area contributed by atoms with Crippen LogP contribution in [0.1, 0.15) is 37.5 Å². The number of nitrogens with zero attached hydrogens (tertiary/aromatic N) is 3. The number of H-pyrrole nitrogens is 1. The van der Waals surface area contributed by atoms with Crippen molar-refractivity contribution in [3.8, 4) is 0 Å². The summed E-state index contributed by atoms with van der Waals surface area (Å²) in [5, 5.41) is 17.9. The molecule has 0 aliphatic heterocycles. The van der Waals surface area contributed by atoms with Gasteiger partial charge in [-0.25, -0.2) is 9.89 Å². The molecule has 0 saturated heterocycles. The fourth-order valence-electron chi connectivity index (χ4n) is 2.02. The topological polar surface area (TPSA) is 93.8 Å². The Labute approximate surface area is 131 Å². The summed E-state index contributed by atoms with van der Waals surface area (Å²) in [6.45, 7) is 4.62. The Morgan fingerprint density at radius 1 is 1.50 bits per heavy atom. The maximum absolute atomic E-state index is 11.7. The number of nitro groups is 1. The first-order valence-corrected chi connectivity index (χ1v) is 7.97. The molecule has 1 heterocycles. The minimum Gasteiger partial charge on any atom is -0.270 e. The highest BCUT2D eigenvalue weighted by Gasteiger charge is 2.16. The molecule has 8 heteroatoms. The van der Waals surface area contributed by atoms with Gasteiger partial charge in [-0.15, -0.1) is 5.10 Å². The van der Waals surface area contributed by atoms with Gasteiger partial charge in [-0.3, -0.25) is 14.7 Å². The molecular formula is C14H18N4O3S. The van der Waals surface area contributed by atoms with Crippen molar-refractivity contribution in [2.45, 2.75) is 43.6 Å². The van der Waals surface area contributed by atoms with Crippen LogP contribution in [-0.4, -0.2) is 19.7 Å². The largest absolute Gasteiger partial charge is 0.343 e. The fourth-order valence-corrected chi connectivity index (χ4v) is 3.02. The molecule has 2 aromatic rings. The number of benzene rings is 1. The van der Waals surface area contributed by atoms with Crippen LogP contribution in [0.5, 0.6) is 0 Å². The van der Waals surface area contributed by atoms with Gasteiger partial charge in [0.05, 0.1) is 4.92 Å². The molecule has 118 valence electrons. The number of rotatable bonds is 7. The van der Waals surface area contributed by atoms with Gasteiger partial charge in [0.15, 0.2) is 5.16 Å². The van der Waals surface area contributed by atoms with E-state index in [1.54, 1.807) is 16.7 Å². The van der Waals surface area contributed by atoms with Crippen LogP contribution in [0.15, 0.2) is 34.2 Å². The maximum atomic E-state index is 11.7. The Bertz CT molecular complexity index is 710. The van der Waals surface area contributed by atoms with E-state index in [-0.39, 0.29) is 16.6 Å². The quantitative estimate of drug-likeness (QED) is 0.480. The Balaban J connectivity index is 2.18. The van der Waals surface area contributed by atoms with Crippen LogP contribution in [0, 0.1) is 10.1 Å². The zero-order valence-corrected chi connectivity index (χ0v) is 13.3. The monoisotopic (exact) mass is 322 g/mol. The van der Waals surface area contributed by atoms with E-state index in [0.29, 0.717) is 11.7 Å². The van der Waals surface area contributed by atoms with Crippen LogP contribution in [0.3, 0.4) is 0 Å². The molecule has 1 aromatic carbocycles. The lowest BCUT2D eigenvalue weighted by Crippen LogP contribution is -2.17. The van der Waals surface area contributed by atoms with Crippen molar-refractivity contribution in [1.29, 1.82) is 0 Å². The number of unbranched alkanes of at least 4 members (excludes halogenated alkanes) is 1. The minimum atomic E-state index is -0.410. The molecule has 1 aromatic heterocycles. The van der Waals surface area contributed by atoms with E-state index < -0.39 is 4.92 Å². The SMILES string of the molecule is CCCCn1c(S[C@@H](C)c2cccc([N+](=O)[O-])c2)n[nH]c1=O. The first kappa shape index (κ1) is 16.3. The predicted octanol–water partition coefficient (Wildman–Crippen LogP) is 3.13. The second-order valence-corrected chi connectivity index (χ2v) is 6.24. The number of nitro benzene ring substituents is 1. The molecule has 7 nitrogen and oxygen atoms in total. The van der Waals surface area contributed by atoms with E-state index >= 15 is 0 Å². The van der Waals surface area contributed by atoms with Crippen molar-refractivity contribution in [3.63, 3.8) is 0 Å². The molecule has 22 heavy (non-hydrogen) atoms. The zero-order chi connectivity index (χ0) is 16.1. The first-order chi connectivity index (χ1) is 10.5. The Hall–Kier alpha value is -2.09. The van der Waals surface area contributed by atoms with Gasteiger partial charge in [0.1, 0.15) is 0 Å². The van der Waals surface area contributed by atoms with Crippen molar-refractivity contribution in [2.24, 2.45) is 0 Å². The van der Waals surface area contributed by atoms with Gasteiger partial charge in [-0.1, -0.05) is 37.2 Å². The molecule has 0 aliphatic rings. The van der Waals surface area contributed by atoms with E-state index in [1.807, 2.05) is 13.0 Å². The molecule has 0 bridgehead atoms. The van der Waals surface area contributed by atoms with Crippen LogP contribution in [0.4, 0.5) is 5.69 Å². The molecule has 0 unspecified atom stereocenters. The summed E-state index contributed by atoms with van der Waals surface area (Å²) in [4.78, 5) is 22.2. The summed E-state index contributed by atoms with van der Waals surface area (Å²) in [6, 6.07) is 6.52. The lowest BCUT2D eigenvalue weighted by Gasteiger charge is -2.11. The summed E-state index contributed by atoms with van der Waals surface area (Å²) in [5.74, 6) is 0. The van der Waals surface area contributed by atoms with Crippen LogP contribution >= 0.6 is 11.8 Å². The molecule has 1 atom stereocenters. The van der Waals surface area contributed by atoms with Gasteiger partial charge >= 0.3 is 5.69 Å². The Morgan fingerprint density at radius 2 is 2.27 bits per heavy atom. The summed E-state index contributed by atoms with van der Waals surface area (Å²) in [5.41, 5.74) is 0.675. The summed E-state index contributed by atoms with van der Waals surface area (Å²) in [7, 11) is 0. The summed E-state index contributed by atoms with van der Waals surface area (Å²) >= 11 is 1.41. The van der Waals surface area contributed by atoms with E-state index in [2.05, 4.69) is 17.1 Å². The standard InChI is InChI=1S/C14H18N4O3S/c1-3-4-8-17-13(19)15-16-14(17)22-10(2)11-6-5-7-12(9-11)18(20)21/h5-7,9-10H,3-4,8H2,1-2H3,(H,15,19)/t10-/m0/s1. The number of nitrogens with one attached hydrogen (secondary N) is 1. The average Bonchev–Trinajstić information content (AvgIpc) is 2.85. The minimum absolute atomic E-state index is 0.0459. The third kappa shape index (κ3) is 3.76. The number of hydrogen-bond acceptors (Lipinski definition) is 5. The van der Waals surface area contributed by atoms with Crippen molar-refractivity contribution in [3.05, 3.63) is 50.4 Å². The number of non-ortho nitro benzene ring substituents is 1. The maximum Gasteiger partial charge on any atom is 0.343 e. The van der Waals surface area contributed by atoms with Gasteiger partial charge in [0, 0.05) is 23.9 Å². The number of hydrogen-bond donors (Lipinski definition) is 1. The number of aromatic nitrogens is 3. The molecule has 0 amide bonds. The van der Waals surface area contributed by atoms with Crippen LogP contribution in [0.2, 0.25) is 0 Å². The molecule has 0 saturated carbocycles. The highest BCUT2D eigenvalue weighted by Crippen LogP contribution is 2.34. The van der Waals surface area contributed by atoms with Gasteiger partial charge in [0.2, 0.25) is 0 Å². The van der Waals surface area contributed by atoms with Crippen molar-refractivity contribution < 1.29 is 4.92 Å². The predicted molar refractivity (Wildman–Crippen MR) is 85.1 cm³/mol. The van der Waals surface area contributed by atoms with E-state index in [4.69, 9.17) is 0 Å². The van der Waals surface area contributed by atoms with Gasteiger partial charge < -0.3 is 0 Å². The normalized spacial score (nSPS) is 12.3. The number of thioether (sulfide) groups is 1. The lowest BCUT2D eigenvalue weighted by molar-refractivity contribution is -0.384. The lowest BCUT2D eigenvalue weighted by atomic mass is 10.1. The third-order valence-corrected chi connectivity index (χ3v) is 4.44. The van der Waals surface area contributed by atoms with E-state index in [0.717, 1.165) is 18.4 Å². The van der Waals surface area contributed by atoms with E-state index in [1.165, 1.54) is 17.8 Å². The summed E-state index contributed by atoms with van der Waals surface area (Å²) in [6.07, 6.45) is 1.89. The zero-order valence-electron chi connectivity index (χ0n) is 12.5. The molecule has 1 N–H and O–H groups in total. The molecule has 0 radical (unpaired) electrons. The van der Waals surface area contributed by atoms with Crippen LogP contribution in [0.25, 0.3) is 0 Å². The Morgan fingerprint density at radius 3 is 2.95 bits per heavy atom. The van der Waals surface area contributed by atoms with Crippen molar-refractivity contribution >= 4 is 17.4 Å². The van der Waals surface area contributed by atoms with Gasteiger partial charge in [-0.2, -0.15) is 0 Å². The van der Waals surface area contributed by atoms with Gasteiger partial charge in [0.25, 0.3) is 5.69 Å². The number of aromatic amines is 1. The smallest absolute Gasteiger partial charge is 0.270 e. The highest BCUT2D eigenvalue weighted by atomic mass is 32.2. The third-order valence-electron chi connectivity index (χ3n) is 3.29. The molecule has 2 rings (SSSR count).